The highest BCUT2D eigenvalue weighted by atomic mass is 16.6. The monoisotopic (exact) mass is 182 g/mol. The third-order valence-corrected chi connectivity index (χ3v) is 1.33. The van der Waals surface area contributed by atoms with Gasteiger partial charge >= 0.3 is 5.97 Å². The van der Waals surface area contributed by atoms with Crippen molar-refractivity contribution in [2.24, 2.45) is 0 Å². The Balaban J connectivity index is 2.73. The maximum atomic E-state index is 10.5. The molecule has 13 heavy (non-hydrogen) atoms. The number of nitrogens with zero attached hydrogens (tertiary/aromatic N) is 1. The van der Waals surface area contributed by atoms with Crippen molar-refractivity contribution in [1.29, 1.82) is 0 Å². The molecule has 70 valence electrons. The van der Waals surface area contributed by atoms with Crippen molar-refractivity contribution in [3.05, 3.63) is 23.9 Å². The molecule has 1 aromatic heterocycles. The van der Waals surface area contributed by atoms with Gasteiger partial charge in [0.1, 0.15) is 5.82 Å². The van der Waals surface area contributed by atoms with Crippen molar-refractivity contribution >= 4 is 11.8 Å². The lowest BCUT2D eigenvalue weighted by atomic mass is 10.3. The second-order valence-electron chi connectivity index (χ2n) is 2.27. The number of pyridine rings is 1. The molecular formula is C8H10N2O3. The summed E-state index contributed by atoms with van der Waals surface area (Å²) in [6, 6.07) is 2.82. The van der Waals surface area contributed by atoms with E-state index in [2.05, 4.69) is 10.5 Å². The number of carbonyl (C=O) groups is 1. The summed E-state index contributed by atoms with van der Waals surface area (Å²) in [5.74, 6) is -0.594. The zero-order valence-electron chi connectivity index (χ0n) is 7.15. The average Bonchev–Trinajstić information content (AvgIpc) is 2.15. The Morgan fingerprint density at radius 2 is 2.54 bits per heavy atom. The molecule has 0 spiro atoms. The number of anilines is 1. The van der Waals surface area contributed by atoms with Crippen molar-refractivity contribution in [3.63, 3.8) is 0 Å². The van der Waals surface area contributed by atoms with Gasteiger partial charge in [0.25, 0.3) is 0 Å². The van der Waals surface area contributed by atoms with Crippen LogP contribution >= 0.6 is 0 Å². The molecule has 0 aliphatic rings. The molecule has 0 unspecified atom stereocenters. The van der Waals surface area contributed by atoms with Gasteiger partial charge in [-0.15, -0.1) is 0 Å². The number of rotatable bonds is 4. The summed E-state index contributed by atoms with van der Waals surface area (Å²) in [4.78, 5) is 19.2. The molecule has 1 rings (SSSR count). The zero-order valence-corrected chi connectivity index (χ0v) is 7.15. The molecule has 0 aromatic carbocycles. The van der Waals surface area contributed by atoms with Crippen molar-refractivity contribution in [3.8, 4) is 0 Å². The van der Waals surface area contributed by atoms with Crippen molar-refractivity contribution in [2.45, 2.75) is 6.92 Å². The average molecular weight is 182 g/mol. The molecule has 5 nitrogen and oxygen atoms in total. The highest BCUT2D eigenvalue weighted by Crippen LogP contribution is 2.06. The third-order valence-electron chi connectivity index (χ3n) is 1.33. The number of hydrogen-bond donors (Lipinski definition) is 2. The van der Waals surface area contributed by atoms with Crippen LogP contribution in [0.5, 0.6) is 0 Å². The molecule has 0 bridgehead atoms. The van der Waals surface area contributed by atoms with Crippen LogP contribution in [0.4, 0.5) is 5.82 Å². The lowest BCUT2D eigenvalue weighted by Crippen LogP contribution is -2.04. The quantitative estimate of drug-likeness (QED) is 0.683. The Labute approximate surface area is 75.3 Å². The van der Waals surface area contributed by atoms with Gasteiger partial charge in [-0.1, -0.05) is 0 Å². The van der Waals surface area contributed by atoms with Crippen molar-refractivity contribution in [2.75, 3.05) is 12.1 Å². The smallest absolute Gasteiger partial charge is 0.335 e. The van der Waals surface area contributed by atoms with E-state index in [-0.39, 0.29) is 5.56 Å². The van der Waals surface area contributed by atoms with E-state index < -0.39 is 5.97 Å². The van der Waals surface area contributed by atoms with Gasteiger partial charge in [0.05, 0.1) is 12.2 Å². The molecule has 0 saturated heterocycles. The third kappa shape index (κ3) is 2.72. The standard InChI is InChI=1S/C8H10N2O3/c1-2-13-10-7-5-6(8(11)12)3-4-9-7/h3-5H,2H2,1H3,(H,9,10)(H,11,12). The fourth-order valence-electron chi connectivity index (χ4n) is 0.765. The van der Waals surface area contributed by atoms with Gasteiger partial charge in [0.2, 0.25) is 0 Å². The van der Waals surface area contributed by atoms with Gasteiger partial charge in [-0.25, -0.2) is 15.3 Å². The van der Waals surface area contributed by atoms with E-state index in [0.717, 1.165) is 0 Å². The predicted octanol–water partition coefficient (Wildman–Crippen LogP) is 1.14. The summed E-state index contributed by atoms with van der Waals surface area (Å²) in [6.07, 6.45) is 1.41. The zero-order chi connectivity index (χ0) is 9.68. The minimum atomic E-state index is -0.984. The number of aromatic nitrogens is 1. The van der Waals surface area contributed by atoms with E-state index in [1.54, 1.807) is 0 Å². The summed E-state index contributed by atoms with van der Waals surface area (Å²) in [6.45, 7) is 2.30. The molecule has 0 atom stereocenters. The molecule has 0 amide bonds. The van der Waals surface area contributed by atoms with Crippen molar-refractivity contribution < 1.29 is 14.7 Å². The van der Waals surface area contributed by atoms with Crippen LogP contribution in [0.1, 0.15) is 17.3 Å². The summed E-state index contributed by atoms with van der Waals surface area (Å²) in [7, 11) is 0. The SMILES string of the molecule is CCONc1cc(C(=O)O)ccn1. The minimum absolute atomic E-state index is 0.178. The lowest BCUT2D eigenvalue weighted by molar-refractivity contribution is 0.0696. The van der Waals surface area contributed by atoms with E-state index in [1.165, 1.54) is 18.3 Å². The second-order valence-corrected chi connectivity index (χ2v) is 2.27. The van der Waals surface area contributed by atoms with Crippen LogP contribution in [0.3, 0.4) is 0 Å². The molecule has 0 saturated carbocycles. The number of nitrogens with one attached hydrogen (secondary N) is 1. The summed E-state index contributed by atoms with van der Waals surface area (Å²) in [5, 5.41) is 8.64. The summed E-state index contributed by atoms with van der Waals surface area (Å²) in [5.41, 5.74) is 2.69. The molecule has 0 fully saturated rings. The van der Waals surface area contributed by atoms with Crippen molar-refractivity contribution in [1.82, 2.24) is 4.98 Å². The molecule has 0 aliphatic carbocycles. The Bertz CT molecular complexity index is 301. The first-order valence-electron chi connectivity index (χ1n) is 3.81. The second kappa shape index (κ2) is 4.42. The maximum absolute atomic E-state index is 10.5. The molecule has 5 heteroatoms. The minimum Gasteiger partial charge on any atom is -0.478 e. The highest BCUT2D eigenvalue weighted by Gasteiger charge is 2.03. The Kier molecular flexibility index (Phi) is 3.22. The molecular weight excluding hydrogens is 172 g/mol. The van der Waals surface area contributed by atoms with Crippen LogP contribution in [-0.2, 0) is 4.84 Å². The van der Waals surface area contributed by atoms with Gasteiger partial charge in [-0.3, -0.25) is 4.84 Å². The van der Waals surface area contributed by atoms with Crippen LogP contribution in [0.15, 0.2) is 18.3 Å². The van der Waals surface area contributed by atoms with Gasteiger partial charge < -0.3 is 5.11 Å². The molecule has 1 aromatic rings. The van der Waals surface area contributed by atoms with Crippen LogP contribution in [0.2, 0.25) is 0 Å². The predicted molar refractivity (Wildman–Crippen MR) is 46.4 cm³/mol. The molecule has 1 heterocycles. The van der Waals surface area contributed by atoms with E-state index >= 15 is 0 Å². The van der Waals surface area contributed by atoms with Gasteiger partial charge in [0, 0.05) is 6.20 Å². The molecule has 0 aliphatic heterocycles. The van der Waals surface area contributed by atoms with E-state index in [1.807, 2.05) is 6.92 Å². The highest BCUT2D eigenvalue weighted by molar-refractivity contribution is 5.88. The van der Waals surface area contributed by atoms with E-state index in [4.69, 9.17) is 9.94 Å². The largest absolute Gasteiger partial charge is 0.478 e. The first-order valence-corrected chi connectivity index (χ1v) is 3.81. The van der Waals surface area contributed by atoms with E-state index in [0.29, 0.717) is 12.4 Å². The molecule has 2 N–H and O–H groups in total. The van der Waals surface area contributed by atoms with E-state index in [9.17, 15) is 4.79 Å². The van der Waals surface area contributed by atoms with Gasteiger partial charge in [0.15, 0.2) is 0 Å². The Hall–Kier alpha value is -1.62. The number of aromatic carboxylic acids is 1. The Morgan fingerprint density at radius 1 is 1.77 bits per heavy atom. The van der Waals surface area contributed by atoms with Crippen LogP contribution in [0, 0.1) is 0 Å². The first-order chi connectivity index (χ1) is 6.24. The molecule has 0 radical (unpaired) electrons. The summed E-state index contributed by atoms with van der Waals surface area (Å²) >= 11 is 0. The normalized spacial score (nSPS) is 9.62. The number of carboxylic acids is 1. The van der Waals surface area contributed by atoms with Crippen LogP contribution in [0.25, 0.3) is 0 Å². The topological polar surface area (TPSA) is 71.5 Å². The van der Waals surface area contributed by atoms with Crippen LogP contribution < -0.4 is 5.48 Å². The number of hydrogen-bond acceptors (Lipinski definition) is 4. The summed E-state index contributed by atoms with van der Waals surface area (Å²) < 4.78 is 0. The van der Waals surface area contributed by atoms with Gasteiger partial charge in [-0.05, 0) is 19.1 Å². The lowest BCUT2D eigenvalue weighted by Gasteiger charge is -2.03. The number of carboxylic acid groups (broad SMARTS) is 1. The fraction of sp³-hybridized carbons (Fsp3) is 0.250. The van der Waals surface area contributed by atoms with Crippen LogP contribution in [-0.4, -0.2) is 22.7 Å². The fourth-order valence-corrected chi connectivity index (χ4v) is 0.765. The maximum Gasteiger partial charge on any atom is 0.335 e. The first kappa shape index (κ1) is 9.47. The Morgan fingerprint density at radius 3 is 3.15 bits per heavy atom. The van der Waals surface area contributed by atoms with Gasteiger partial charge in [-0.2, -0.15) is 0 Å².